The van der Waals surface area contributed by atoms with E-state index in [2.05, 4.69) is 6.92 Å². The van der Waals surface area contributed by atoms with Crippen molar-refractivity contribution in [2.45, 2.75) is 84.0 Å². The van der Waals surface area contributed by atoms with Gasteiger partial charge in [0.25, 0.3) is 0 Å². The first-order chi connectivity index (χ1) is 8.81. The largest absolute Gasteiger partial charge is 0.384 e. The van der Waals surface area contributed by atoms with E-state index in [1.165, 1.54) is 57.8 Å². The molecule has 18 heavy (non-hydrogen) atoms. The van der Waals surface area contributed by atoms with Gasteiger partial charge in [0.15, 0.2) is 0 Å². The summed E-state index contributed by atoms with van der Waals surface area (Å²) in [7, 11) is 1.65. The molecule has 2 nitrogen and oxygen atoms in total. The van der Waals surface area contributed by atoms with E-state index >= 15 is 0 Å². The fourth-order valence-electron chi connectivity index (χ4n) is 2.15. The number of Topliss-reactive ketones (excluding diaryl/α,β-unsaturated/α-hetero) is 1. The van der Waals surface area contributed by atoms with E-state index in [0.29, 0.717) is 18.8 Å². The number of ether oxygens (including phenoxy) is 1. The number of methoxy groups -OCH3 is 1. The van der Waals surface area contributed by atoms with E-state index in [4.69, 9.17) is 4.74 Å². The molecule has 0 aliphatic carbocycles. The molecule has 0 unspecified atom stereocenters. The topological polar surface area (TPSA) is 26.3 Å². The highest BCUT2D eigenvalue weighted by Crippen LogP contribution is 2.11. The third-order valence-electron chi connectivity index (χ3n) is 3.39. The Morgan fingerprint density at radius 1 is 0.778 bits per heavy atom. The summed E-state index contributed by atoms with van der Waals surface area (Å²) in [6.45, 7) is 2.84. The molecular weight excluding hydrogens is 224 g/mol. The minimum atomic E-state index is 0.358. The molecule has 2 heteroatoms. The van der Waals surface area contributed by atoms with Crippen LogP contribution in [0.5, 0.6) is 0 Å². The lowest BCUT2D eigenvalue weighted by Crippen LogP contribution is -2.02. The van der Waals surface area contributed by atoms with Gasteiger partial charge >= 0.3 is 0 Å². The number of hydrogen-bond acceptors (Lipinski definition) is 2. The first-order valence-electron chi connectivity index (χ1n) is 7.82. The average molecular weight is 256 g/mol. The Morgan fingerprint density at radius 2 is 1.28 bits per heavy atom. The van der Waals surface area contributed by atoms with Gasteiger partial charge in [-0.25, -0.2) is 0 Å². The molecule has 0 rings (SSSR count). The van der Waals surface area contributed by atoms with Gasteiger partial charge in [-0.15, -0.1) is 0 Å². The van der Waals surface area contributed by atoms with Gasteiger partial charge in [0, 0.05) is 20.0 Å². The summed E-state index contributed by atoms with van der Waals surface area (Å²) >= 11 is 0. The molecular formula is C16H32O2. The van der Waals surface area contributed by atoms with Gasteiger partial charge < -0.3 is 4.74 Å². The predicted molar refractivity (Wildman–Crippen MR) is 78.0 cm³/mol. The maximum Gasteiger partial charge on any atom is 0.135 e. The van der Waals surface area contributed by atoms with Gasteiger partial charge in [-0.1, -0.05) is 64.7 Å². The van der Waals surface area contributed by atoms with Crippen molar-refractivity contribution in [3.8, 4) is 0 Å². The first-order valence-corrected chi connectivity index (χ1v) is 7.82. The molecule has 0 atom stereocenters. The van der Waals surface area contributed by atoms with Crippen LogP contribution in [0.4, 0.5) is 0 Å². The normalized spacial score (nSPS) is 10.8. The quantitative estimate of drug-likeness (QED) is 0.413. The van der Waals surface area contributed by atoms with Crippen molar-refractivity contribution in [1.82, 2.24) is 0 Å². The fraction of sp³-hybridized carbons (Fsp3) is 0.938. The van der Waals surface area contributed by atoms with Gasteiger partial charge in [-0.3, -0.25) is 4.79 Å². The molecule has 0 heterocycles. The third-order valence-corrected chi connectivity index (χ3v) is 3.39. The van der Waals surface area contributed by atoms with E-state index in [-0.39, 0.29) is 0 Å². The van der Waals surface area contributed by atoms with Crippen LogP contribution >= 0.6 is 0 Å². The molecule has 0 aromatic rings. The van der Waals surface area contributed by atoms with Crippen LogP contribution in [0.2, 0.25) is 0 Å². The Kier molecular flexibility index (Phi) is 14.4. The molecule has 0 aromatic heterocycles. The number of hydrogen-bond donors (Lipinski definition) is 0. The Morgan fingerprint density at radius 3 is 1.78 bits per heavy atom. The van der Waals surface area contributed by atoms with Gasteiger partial charge in [0.2, 0.25) is 0 Å². The molecule has 0 radical (unpaired) electrons. The molecule has 108 valence electrons. The summed E-state index contributed by atoms with van der Waals surface area (Å²) in [6.07, 6.45) is 14.6. The third kappa shape index (κ3) is 13.7. The predicted octanol–water partition coefficient (Wildman–Crippen LogP) is 4.90. The second-order valence-corrected chi connectivity index (χ2v) is 5.21. The maximum atomic E-state index is 11.4. The molecule has 0 bridgehead atoms. The zero-order valence-corrected chi connectivity index (χ0v) is 12.5. The van der Waals surface area contributed by atoms with Crippen molar-refractivity contribution in [2.24, 2.45) is 0 Å². The second-order valence-electron chi connectivity index (χ2n) is 5.21. The van der Waals surface area contributed by atoms with Gasteiger partial charge in [-0.05, 0) is 6.42 Å². The molecule has 0 fully saturated rings. The number of rotatable bonds is 14. The van der Waals surface area contributed by atoms with Crippen LogP contribution in [-0.4, -0.2) is 19.5 Å². The Labute approximate surface area is 113 Å². The van der Waals surface area contributed by atoms with Crippen LogP contribution in [0.25, 0.3) is 0 Å². The molecule has 0 amide bonds. The SMILES string of the molecule is CCCCCCCCCCCCC(=O)CCOC. The molecule has 0 N–H and O–H groups in total. The first kappa shape index (κ1) is 17.6. The number of carbonyl (C=O) groups is 1. The summed E-state index contributed by atoms with van der Waals surface area (Å²) in [6, 6.07) is 0. The average Bonchev–Trinajstić information content (AvgIpc) is 2.38. The summed E-state index contributed by atoms with van der Waals surface area (Å²) in [4.78, 5) is 11.4. The Balaban J connectivity index is 3.04. The van der Waals surface area contributed by atoms with Crippen molar-refractivity contribution in [2.75, 3.05) is 13.7 Å². The monoisotopic (exact) mass is 256 g/mol. The number of ketones is 1. The van der Waals surface area contributed by atoms with Crippen molar-refractivity contribution < 1.29 is 9.53 Å². The molecule has 0 spiro atoms. The van der Waals surface area contributed by atoms with Gasteiger partial charge in [-0.2, -0.15) is 0 Å². The van der Waals surface area contributed by atoms with Crippen LogP contribution in [0.1, 0.15) is 84.0 Å². The molecule has 0 saturated carbocycles. The van der Waals surface area contributed by atoms with Crippen LogP contribution < -0.4 is 0 Å². The molecule has 0 aromatic carbocycles. The maximum absolute atomic E-state index is 11.4. The van der Waals surface area contributed by atoms with Crippen molar-refractivity contribution in [1.29, 1.82) is 0 Å². The van der Waals surface area contributed by atoms with E-state index < -0.39 is 0 Å². The lowest BCUT2D eigenvalue weighted by Gasteiger charge is -2.02. The summed E-state index contributed by atoms with van der Waals surface area (Å²) in [5.41, 5.74) is 0. The van der Waals surface area contributed by atoms with E-state index in [1.807, 2.05) is 0 Å². The standard InChI is InChI=1S/C16H32O2/c1-3-4-5-6-7-8-9-10-11-12-13-16(17)14-15-18-2/h3-15H2,1-2H3. The lowest BCUT2D eigenvalue weighted by molar-refractivity contribution is -0.120. The summed E-state index contributed by atoms with van der Waals surface area (Å²) < 4.78 is 4.89. The van der Waals surface area contributed by atoms with Crippen LogP contribution in [0.15, 0.2) is 0 Å². The second kappa shape index (κ2) is 14.7. The fourth-order valence-corrected chi connectivity index (χ4v) is 2.15. The van der Waals surface area contributed by atoms with Crippen molar-refractivity contribution >= 4 is 5.78 Å². The van der Waals surface area contributed by atoms with Gasteiger partial charge in [0.05, 0.1) is 6.61 Å². The van der Waals surface area contributed by atoms with Crippen LogP contribution in [0, 0.1) is 0 Å². The minimum Gasteiger partial charge on any atom is -0.384 e. The zero-order chi connectivity index (χ0) is 13.5. The lowest BCUT2D eigenvalue weighted by atomic mass is 10.0. The van der Waals surface area contributed by atoms with Crippen molar-refractivity contribution in [3.63, 3.8) is 0 Å². The highest BCUT2D eigenvalue weighted by atomic mass is 16.5. The number of carbonyl (C=O) groups excluding carboxylic acids is 1. The van der Waals surface area contributed by atoms with E-state index in [1.54, 1.807) is 7.11 Å². The minimum absolute atomic E-state index is 0.358. The smallest absolute Gasteiger partial charge is 0.135 e. The highest BCUT2D eigenvalue weighted by Gasteiger charge is 2.00. The number of unbranched alkanes of at least 4 members (excludes halogenated alkanes) is 9. The van der Waals surface area contributed by atoms with E-state index in [9.17, 15) is 4.79 Å². The summed E-state index contributed by atoms with van der Waals surface area (Å²) in [5.74, 6) is 0.358. The Bertz CT molecular complexity index is 178. The van der Waals surface area contributed by atoms with Gasteiger partial charge in [0.1, 0.15) is 5.78 Å². The van der Waals surface area contributed by atoms with Crippen LogP contribution in [-0.2, 0) is 9.53 Å². The van der Waals surface area contributed by atoms with E-state index in [0.717, 1.165) is 12.8 Å². The van der Waals surface area contributed by atoms with Crippen LogP contribution in [0.3, 0.4) is 0 Å². The zero-order valence-electron chi connectivity index (χ0n) is 12.5. The van der Waals surface area contributed by atoms with Crippen molar-refractivity contribution in [3.05, 3.63) is 0 Å². The highest BCUT2D eigenvalue weighted by molar-refractivity contribution is 5.78. The molecule has 0 aliphatic rings. The molecule has 0 aliphatic heterocycles. The molecule has 0 saturated heterocycles. The Hall–Kier alpha value is -0.370. The summed E-state index contributed by atoms with van der Waals surface area (Å²) in [5, 5.41) is 0.